The first-order chi connectivity index (χ1) is 9.06. The normalized spacial score (nSPS) is 18.8. The van der Waals surface area contributed by atoms with Crippen molar-refractivity contribution in [2.45, 2.75) is 6.42 Å². The second kappa shape index (κ2) is 5.92. The van der Waals surface area contributed by atoms with Crippen LogP contribution in [-0.4, -0.2) is 30.7 Å². The van der Waals surface area contributed by atoms with Crippen molar-refractivity contribution in [2.24, 2.45) is 5.92 Å². The Balaban J connectivity index is 2.41. The van der Waals surface area contributed by atoms with Gasteiger partial charge in [0, 0.05) is 30.4 Å². The molecule has 0 radical (unpaired) electrons. The lowest BCUT2D eigenvalue weighted by atomic mass is 10.1. The van der Waals surface area contributed by atoms with Gasteiger partial charge in [-0.1, -0.05) is 27.5 Å². The second-order valence-electron chi connectivity index (χ2n) is 4.47. The maximum atomic E-state index is 12.0. The highest BCUT2D eigenvalue weighted by Crippen LogP contribution is 2.31. The molecule has 1 N–H and O–H groups in total. The van der Waals surface area contributed by atoms with E-state index in [-0.39, 0.29) is 17.7 Å². The average molecular weight is 346 g/mol. The third kappa shape index (κ3) is 2.92. The Kier molecular flexibility index (Phi) is 4.47. The fourth-order valence-electron chi connectivity index (χ4n) is 2.17. The van der Waals surface area contributed by atoms with Gasteiger partial charge in [-0.15, -0.1) is 0 Å². The quantitative estimate of drug-likeness (QED) is 0.856. The summed E-state index contributed by atoms with van der Waals surface area (Å²) >= 11 is 9.38. The summed E-state index contributed by atoms with van der Waals surface area (Å²) in [6.07, 6.45) is 0.491. The number of halogens is 2. The van der Waals surface area contributed by atoms with Gasteiger partial charge in [0.25, 0.3) is 5.91 Å². The summed E-state index contributed by atoms with van der Waals surface area (Å²) in [5, 5.41) is 3.86. The van der Waals surface area contributed by atoms with Gasteiger partial charge in [-0.25, -0.2) is 0 Å². The summed E-state index contributed by atoms with van der Waals surface area (Å²) in [4.78, 5) is 25.5. The molecule has 0 spiro atoms. The van der Waals surface area contributed by atoms with Crippen LogP contribution < -0.4 is 10.2 Å². The minimum atomic E-state index is -0.221. The molecule has 1 heterocycles. The average Bonchev–Trinajstić information content (AvgIpc) is 2.79. The van der Waals surface area contributed by atoms with Gasteiger partial charge < -0.3 is 10.2 Å². The predicted octanol–water partition coefficient (Wildman–Crippen LogP) is 2.45. The zero-order chi connectivity index (χ0) is 14.0. The van der Waals surface area contributed by atoms with Crippen LogP contribution >= 0.6 is 27.5 Å². The van der Waals surface area contributed by atoms with E-state index in [4.69, 9.17) is 11.6 Å². The van der Waals surface area contributed by atoms with E-state index >= 15 is 0 Å². The Morgan fingerprint density at radius 2 is 2.32 bits per heavy atom. The first kappa shape index (κ1) is 14.3. The number of hydrogen-bond donors (Lipinski definition) is 1. The highest BCUT2D eigenvalue weighted by molar-refractivity contribution is 9.09. The molecule has 1 aromatic rings. The molecule has 6 heteroatoms. The van der Waals surface area contributed by atoms with Crippen LogP contribution in [0.25, 0.3) is 0 Å². The Bertz CT molecular complexity index is 521. The third-order valence-corrected chi connectivity index (χ3v) is 4.30. The van der Waals surface area contributed by atoms with Crippen LogP contribution in [0.3, 0.4) is 0 Å². The third-order valence-electron chi connectivity index (χ3n) is 3.15. The molecule has 102 valence electrons. The molecule has 19 heavy (non-hydrogen) atoms. The second-order valence-corrected chi connectivity index (χ2v) is 5.55. The van der Waals surface area contributed by atoms with Crippen molar-refractivity contribution in [1.29, 1.82) is 0 Å². The molecule has 2 amide bonds. The predicted molar refractivity (Wildman–Crippen MR) is 79.1 cm³/mol. The molecule has 2 rings (SSSR count). The van der Waals surface area contributed by atoms with Gasteiger partial charge in [0.15, 0.2) is 0 Å². The number of hydrogen-bond acceptors (Lipinski definition) is 2. The molecule has 0 aromatic heterocycles. The molecule has 1 aliphatic heterocycles. The van der Waals surface area contributed by atoms with E-state index in [0.717, 1.165) is 5.33 Å². The number of nitrogens with one attached hydrogen (secondary N) is 1. The summed E-state index contributed by atoms with van der Waals surface area (Å²) in [5.41, 5.74) is 1.05. The molecule has 0 bridgehead atoms. The summed E-state index contributed by atoms with van der Waals surface area (Å²) < 4.78 is 0. The maximum Gasteiger partial charge on any atom is 0.253 e. The molecule has 1 unspecified atom stereocenters. The number of amides is 2. The van der Waals surface area contributed by atoms with Gasteiger partial charge in [-0.05, 0) is 24.1 Å². The van der Waals surface area contributed by atoms with Crippen LogP contribution in [0.15, 0.2) is 18.2 Å². The summed E-state index contributed by atoms with van der Waals surface area (Å²) in [5.74, 6) is 0.0719. The van der Waals surface area contributed by atoms with E-state index in [2.05, 4.69) is 21.2 Å². The van der Waals surface area contributed by atoms with Gasteiger partial charge in [0.05, 0.1) is 11.3 Å². The highest BCUT2D eigenvalue weighted by atomic mass is 79.9. The minimum absolute atomic E-state index is 0.0249. The molecule has 1 saturated heterocycles. The van der Waals surface area contributed by atoms with E-state index < -0.39 is 0 Å². The largest absolute Gasteiger partial charge is 0.355 e. The lowest BCUT2D eigenvalue weighted by molar-refractivity contribution is -0.117. The maximum absolute atomic E-state index is 12.0. The SMILES string of the molecule is CNC(=O)c1ccc(Cl)cc1N1CC(CBr)CC1=O. The number of anilines is 1. The number of rotatable bonds is 3. The Morgan fingerprint density at radius 1 is 1.58 bits per heavy atom. The van der Waals surface area contributed by atoms with E-state index in [1.165, 1.54) is 0 Å². The van der Waals surface area contributed by atoms with E-state index in [1.807, 2.05) is 0 Å². The van der Waals surface area contributed by atoms with Crippen molar-refractivity contribution in [3.8, 4) is 0 Å². The summed E-state index contributed by atoms with van der Waals surface area (Å²) in [6.45, 7) is 0.606. The molecular formula is C13H14BrClN2O2. The first-order valence-corrected chi connectivity index (χ1v) is 7.44. The van der Waals surface area contributed by atoms with Crippen molar-refractivity contribution in [3.05, 3.63) is 28.8 Å². The van der Waals surface area contributed by atoms with Crippen LogP contribution in [0, 0.1) is 5.92 Å². The lowest BCUT2D eigenvalue weighted by Crippen LogP contribution is -2.29. The number of alkyl halides is 1. The van der Waals surface area contributed by atoms with Crippen LogP contribution in [0.1, 0.15) is 16.8 Å². The van der Waals surface area contributed by atoms with Crippen molar-refractivity contribution >= 4 is 45.0 Å². The Morgan fingerprint density at radius 3 is 2.89 bits per heavy atom. The zero-order valence-electron chi connectivity index (χ0n) is 10.5. The topological polar surface area (TPSA) is 49.4 Å². The van der Waals surface area contributed by atoms with Gasteiger partial charge in [-0.2, -0.15) is 0 Å². The Hall–Kier alpha value is -1.07. The van der Waals surface area contributed by atoms with E-state index in [9.17, 15) is 9.59 Å². The van der Waals surface area contributed by atoms with Crippen LogP contribution in [-0.2, 0) is 4.79 Å². The van der Waals surface area contributed by atoms with E-state index in [1.54, 1.807) is 30.1 Å². The molecule has 0 aliphatic carbocycles. The van der Waals surface area contributed by atoms with Crippen LogP contribution in [0.2, 0.25) is 5.02 Å². The molecule has 1 aromatic carbocycles. The summed E-state index contributed by atoms with van der Waals surface area (Å²) in [6, 6.07) is 4.96. The Labute approximate surface area is 125 Å². The van der Waals surface area contributed by atoms with Gasteiger partial charge in [0.1, 0.15) is 0 Å². The number of nitrogens with zero attached hydrogens (tertiary/aromatic N) is 1. The fourth-order valence-corrected chi connectivity index (χ4v) is 2.77. The highest BCUT2D eigenvalue weighted by Gasteiger charge is 2.32. The fraction of sp³-hybridized carbons (Fsp3) is 0.385. The summed E-state index contributed by atoms with van der Waals surface area (Å²) in [7, 11) is 1.56. The molecular weight excluding hydrogens is 332 g/mol. The molecule has 0 saturated carbocycles. The number of carbonyl (C=O) groups excluding carboxylic acids is 2. The smallest absolute Gasteiger partial charge is 0.253 e. The van der Waals surface area contributed by atoms with Gasteiger partial charge >= 0.3 is 0 Å². The van der Waals surface area contributed by atoms with Gasteiger partial charge in [0.2, 0.25) is 5.91 Å². The van der Waals surface area contributed by atoms with Crippen molar-refractivity contribution < 1.29 is 9.59 Å². The van der Waals surface area contributed by atoms with Crippen molar-refractivity contribution in [2.75, 3.05) is 23.8 Å². The molecule has 4 nitrogen and oxygen atoms in total. The molecule has 1 atom stereocenters. The van der Waals surface area contributed by atoms with Crippen LogP contribution in [0.5, 0.6) is 0 Å². The monoisotopic (exact) mass is 344 g/mol. The van der Waals surface area contributed by atoms with Crippen molar-refractivity contribution in [3.63, 3.8) is 0 Å². The minimum Gasteiger partial charge on any atom is -0.355 e. The molecule has 1 aliphatic rings. The lowest BCUT2D eigenvalue weighted by Gasteiger charge is -2.20. The van der Waals surface area contributed by atoms with Crippen LogP contribution in [0.4, 0.5) is 5.69 Å². The standard InChI is InChI=1S/C13H14BrClN2O2/c1-16-13(19)10-3-2-9(15)5-11(10)17-7-8(6-14)4-12(17)18/h2-3,5,8H,4,6-7H2,1H3,(H,16,19). The van der Waals surface area contributed by atoms with Gasteiger partial charge in [-0.3, -0.25) is 9.59 Å². The molecule has 1 fully saturated rings. The van der Waals surface area contributed by atoms with Crippen molar-refractivity contribution in [1.82, 2.24) is 5.32 Å². The number of benzene rings is 1. The zero-order valence-corrected chi connectivity index (χ0v) is 12.8. The van der Waals surface area contributed by atoms with E-state index in [0.29, 0.717) is 29.2 Å². The first-order valence-electron chi connectivity index (χ1n) is 5.94. The number of carbonyl (C=O) groups is 2.